The van der Waals surface area contributed by atoms with Gasteiger partial charge in [-0.15, -0.1) is 0 Å². The van der Waals surface area contributed by atoms with Crippen LogP contribution in [0.1, 0.15) is 39.4 Å². The summed E-state index contributed by atoms with van der Waals surface area (Å²) in [6.45, 7) is 3.06. The van der Waals surface area contributed by atoms with Crippen LogP contribution < -0.4 is 46.7 Å². The normalized spacial score (nSPS) is 14.3. The van der Waals surface area contributed by atoms with Gasteiger partial charge in [-0.05, 0) is 55.3 Å². The van der Waals surface area contributed by atoms with Gasteiger partial charge in [-0.3, -0.25) is 19.6 Å². The molecule has 2 aliphatic rings. The summed E-state index contributed by atoms with van der Waals surface area (Å²) < 4.78 is 18.4. The van der Waals surface area contributed by atoms with Crippen LogP contribution in [0, 0.1) is 0 Å². The zero-order valence-electron chi connectivity index (χ0n) is 33.5. The second-order valence-electron chi connectivity index (χ2n) is 14.3. The molecule has 61 heavy (non-hydrogen) atoms. The fourth-order valence-corrected chi connectivity index (χ4v) is 6.87. The minimum Gasteiger partial charge on any atom is -0.493 e. The van der Waals surface area contributed by atoms with Gasteiger partial charge in [0.05, 0.1) is 92.0 Å². The van der Waals surface area contributed by atoms with Crippen LogP contribution in [0.25, 0.3) is 22.5 Å². The van der Waals surface area contributed by atoms with Crippen molar-refractivity contribution in [2.24, 2.45) is 5.73 Å². The number of hydrogen-bond donors (Lipinski definition) is 5. The van der Waals surface area contributed by atoms with Gasteiger partial charge in [-0.2, -0.15) is 0 Å². The quantitative estimate of drug-likeness (QED) is 0.136. The van der Waals surface area contributed by atoms with Gasteiger partial charge in [0.1, 0.15) is 11.5 Å². The molecule has 4 aromatic heterocycles. The molecule has 8 bridgehead atoms. The summed E-state index contributed by atoms with van der Waals surface area (Å²) in [6, 6.07) is 16.8. The van der Waals surface area contributed by atoms with Gasteiger partial charge in [0.25, 0.3) is 11.8 Å². The van der Waals surface area contributed by atoms with Crippen molar-refractivity contribution in [1.82, 2.24) is 29.9 Å². The molecular weight excluding hydrogens is 779 g/mol. The SMILES string of the molecule is CN1CCCOc2cc(OCCCN)cc(c2)-c2cnc(NCN3CCOCc4cccc(c4)-c4cnc(N)c(n4)C(=O)Nc4cnccc43)c(n2)C(=O)Nc2cnccc21. The molecule has 0 saturated heterocycles. The third kappa shape index (κ3) is 9.56. The van der Waals surface area contributed by atoms with Crippen molar-refractivity contribution >= 4 is 46.2 Å². The van der Waals surface area contributed by atoms with Gasteiger partial charge in [0.2, 0.25) is 0 Å². The third-order valence-electron chi connectivity index (χ3n) is 9.98. The number of carbonyl (C=O) groups excluding carboxylic acids is 2. The minimum absolute atomic E-state index is 0.0192. The van der Waals surface area contributed by atoms with E-state index in [2.05, 4.69) is 35.9 Å². The Kier molecular flexibility index (Phi) is 12.3. The molecule has 2 aliphatic heterocycles. The number of benzene rings is 2. The molecule has 6 aromatic rings. The summed E-state index contributed by atoms with van der Waals surface area (Å²) in [6.07, 6.45) is 10.9. The molecule has 0 fully saturated rings. The maximum Gasteiger partial charge on any atom is 0.278 e. The average Bonchev–Trinajstić information content (AvgIpc) is 3.28. The number of nitrogen functional groups attached to an aromatic ring is 1. The molecule has 7 N–H and O–H groups in total. The molecular formula is C43H45N13O5. The van der Waals surface area contributed by atoms with Crippen LogP contribution in [-0.4, -0.2) is 94.9 Å². The highest BCUT2D eigenvalue weighted by molar-refractivity contribution is 6.08. The molecule has 8 rings (SSSR count). The molecule has 0 unspecified atom stereocenters. The molecule has 18 nitrogen and oxygen atoms in total. The zero-order chi connectivity index (χ0) is 42.1. The predicted molar refractivity (Wildman–Crippen MR) is 232 cm³/mol. The minimum atomic E-state index is -0.560. The number of nitrogens with one attached hydrogen (secondary N) is 3. The van der Waals surface area contributed by atoms with Crippen LogP contribution in [0.3, 0.4) is 0 Å². The first-order chi connectivity index (χ1) is 29.8. The Morgan fingerprint density at radius 1 is 0.836 bits per heavy atom. The molecule has 0 spiro atoms. The number of ether oxygens (including phenoxy) is 3. The smallest absolute Gasteiger partial charge is 0.278 e. The molecule has 18 heteroatoms. The maximum atomic E-state index is 14.4. The Labute approximate surface area is 351 Å². The highest BCUT2D eigenvalue weighted by Gasteiger charge is 2.23. The van der Waals surface area contributed by atoms with E-state index >= 15 is 0 Å². The topological polar surface area (TPSA) is 234 Å². The van der Waals surface area contributed by atoms with E-state index in [9.17, 15) is 9.59 Å². The Morgan fingerprint density at radius 3 is 2.43 bits per heavy atom. The average molecular weight is 824 g/mol. The van der Waals surface area contributed by atoms with Crippen molar-refractivity contribution in [3.63, 3.8) is 0 Å². The number of nitrogens with zero attached hydrogens (tertiary/aromatic N) is 8. The lowest BCUT2D eigenvalue weighted by Crippen LogP contribution is -2.34. The van der Waals surface area contributed by atoms with E-state index in [0.717, 1.165) is 16.8 Å². The van der Waals surface area contributed by atoms with E-state index in [1.807, 2.05) is 65.4 Å². The van der Waals surface area contributed by atoms with Gasteiger partial charge < -0.3 is 51.4 Å². The molecule has 6 heterocycles. The molecule has 2 amide bonds. The first-order valence-corrected chi connectivity index (χ1v) is 19.8. The first kappa shape index (κ1) is 40.3. The highest BCUT2D eigenvalue weighted by Crippen LogP contribution is 2.32. The predicted octanol–water partition coefficient (Wildman–Crippen LogP) is 4.83. The monoisotopic (exact) mass is 823 g/mol. The first-order valence-electron chi connectivity index (χ1n) is 19.8. The molecule has 2 aromatic carbocycles. The van der Waals surface area contributed by atoms with Crippen LogP contribution in [0.5, 0.6) is 11.5 Å². The van der Waals surface area contributed by atoms with Gasteiger partial charge in [-0.1, -0.05) is 18.2 Å². The number of anilines is 6. The molecule has 0 atom stereocenters. The van der Waals surface area contributed by atoms with Crippen molar-refractivity contribution in [2.75, 3.05) is 84.7 Å². The lowest BCUT2D eigenvalue weighted by molar-refractivity contribution is 0.101. The summed E-state index contributed by atoms with van der Waals surface area (Å²) >= 11 is 0. The van der Waals surface area contributed by atoms with Crippen molar-refractivity contribution in [3.05, 3.63) is 109 Å². The maximum absolute atomic E-state index is 14.4. The van der Waals surface area contributed by atoms with E-state index in [1.165, 1.54) is 12.4 Å². The summed E-state index contributed by atoms with van der Waals surface area (Å²) in [5.41, 5.74) is 17.4. The van der Waals surface area contributed by atoms with Crippen LogP contribution in [0.4, 0.5) is 34.4 Å². The Balaban J connectivity index is 1.15. The Morgan fingerprint density at radius 2 is 1.59 bits per heavy atom. The number of fused-ring (bicyclic) bond motifs is 12. The number of aromatic nitrogens is 6. The van der Waals surface area contributed by atoms with E-state index in [1.54, 1.807) is 30.9 Å². The summed E-state index contributed by atoms with van der Waals surface area (Å²) in [4.78, 5) is 59.2. The second kappa shape index (κ2) is 18.6. The highest BCUT2D eigenvalue weighted by atomic mass is 16.5. The number of amides is 2. The van der Waals surface area contributed by atoms with Crippen LogP contribution >= 0.6 is 0 Å². The molecule has 0 aliphatic carbocycles. The molecule has 0 saturated carbocycles. The Hall–Kier alpha value is -7.44. The van der Waals surface area contributed by atoms with Crippen LogP contribution in [-0.2, 0) is 11.3 Å². The lowest BCUT2D eigenvalue weighted by atomic mass is 10.1. The van der Waals surface area contributed by atoms with Crippen molar-refractivity contribution in [3.8, 4) is 34.0 Å². The lowest BCUT2D eigenvalue weighted by Gasteiger charge is -2.27. The standard InChI is InChI=1S/C43H45N13O5/c1-55-12-4-15-61-31-19-29(18-30(20-31)60-14-3-9-44)33-24-49-41(39(52-33)43(58)53-34-21-46-10-7-36(34)55)50-26-56-13-16-59-25-27-5-2-6-28(17-27)32-23-48-40(45)38(51-32)42(57)54-35-22-47-11-8-37(35)56/h2,5-8,10-11,17-24H,3-4,9,12-16,25-26,44H2,1H3,(H2,45,48)(H,49,50)(H,53,58)(H,54,57). The van der Waals surface area contributed by atoms with E-state index in [4.69, 9.17) is 35.6 Å². The van der Waals surface area contributed by atoms with E-state index < -0.39 is 11.8 Å². The third-order valence-corrected chi connectivity index (χ3v) is 9.98. The molecule has 312 valence electrons. The summed E-state index contributed by atoms with van der Waals surface area (Å²) in [7, 11) is 1.94. The van der Waals surface area contributed by atoms with Gasteiger partial charge in [-0.25, -0.2) is 19.9 Å². The van der Waals surface area contributed by atoms with E-state index in [0.29, 0.717) is 104 Å². The van der Waals surface area contributed by atoms with Crippen molar-refractivity contribution in [1.29, 1.82) is 0 Å². The zero-order valence-corrected chi connectivity index (χ0v) is 33.5. The summed E-state index contributed by atoms with van der Waals surface area (Å²) in [5, 5.41) is 9.30. The van der Waals surface area contributed by atoms with Gasteiger partial charge in [0, 0.05) is 49.7 Å². The largest absolute Gasteiger partial charge is 0.493 e. The second-order valence-corrected chi connectivity index (χ2v) is 14.3. The van der Waals surface area contributed by atoms with Crippen LogP contribution in [0.2, 0.25) is 0 Å². The fraction of sp³-hybridized carbons (Fsp3) is 0.256. The number of carbonyl (C=O) groups is 2. The number of nitrogens with two attached hydrogens (primary N) is 2. The van der Waals surface area contributed by atoms with E-state index in [-0.39, 0.29) is 29.7 Å². The number of pyridine rings is 2. The van der Waals surface area contributed by atoms with Gasteiger partial charge >= 0.3 is 0 Å². The van der Waals surface area contributed by atoms with Crippen LogP contribution in [0.15, 0.2) is 91.8 Å². The number of rotatable bonds is 7. The summed E-state index contributed by atoms with van der Waals surface area (Å²) in [5.74, 6) is 0.271. The van der Waals surface area contributed by atoms with Gasteiger partial charge in [0.15, 0.2) is 23.0 Å². The fourth-order valence-electron chi connectivity index (χ4n) is 6.87. The number of hydrogen-bond acceptors (Lipinski definition) is 16. The van der Waals surface area contributed by atoms with Crippen molar-refractivity contribution in [2.45, 2.75) is 19.4 Å². The van der Waals surface area contributed by atoms with Crippen molar-refractivity contribution < 1.29 is 23.8 Å². The Bertz CT molecular complexity index is 2540. The molecule has 0 radical (unpaired) electrons.